The lowest BCUT2D eigenvalue weighted by molar-refractivity contribution is -0.127. The number of rotatable bonds is 7. The summed E-state index contributed by atoms with van der Waals surface area (Å²) in [6.07, 6.45) is 6.17. The molecule has 2 rings (SSSR count). The van der Waals surface area contributed by atoms with Crippen LogP contribution in [0.4, 0.5) is 0 Å². The van der Waals surface area contributed by atoms with Gasteiger partial charge in [0.1, 0.15) is 0 Å². The summed E-state index contributed by atoms with van der Waals surface area (Å²) in [5, 5.41) is 6.78. The highest BCUT2D eigenvalue weighted by molar-refractivity contribution is 5.81. The molecular weight excluding hydrogens is 250 g/mol. The van der Waals surface area contributed by atoms with Gasteiger partial charge in [-0.25, -0.2) is 0 Å². The molecule has 1 aliphatic heterocycles. The fraction of sp³-hybridized carbons (Fsp3) is 0.938. The van der Waals surface area contributed by atoms with Gasteiger partial charge in [0.05, 0.1) is 6.04 Å². The first-order chi connectivity index (χ1) is 9.60. The zero-order valence-electron chi connectivity index (χ0n) is 13.3. The van der Waals surface area contributed by atoms with Crippen LogP contribution in [-0.4, -0.2) is 48.6 Å². The number of piperidine rings is 1. The molecule has 1 amide bonds. The lowest BCUT2D eigenvalue weighted by Gasteiger charge is -2.36. The highest BCUT2D eigenvalue weighted by Crippen LogP contribution is 2.28. The Morgan fingerprint density at radius 3 is 2.40 bits per heavy atom. The summed E-state index contributed by atoms with van der Waals surface area (Å²) in [4.78, 5) is 14.5. The van der Waals surface area contributed by atoms with E-state index in [9.17, 15) is 4.79 Å². The molecule has 4 heteroatoms. The molecule has 0 bridgehead atoms. The van der Waals surface area contributed by atoms with Crippen LogP contribution in [0, 0.1) is 5.92 Å². The zero-order valence-corrected chi connectivity index (χ0v) is 13.3. The third-order valence-corrected chi connectivity index (χ3v) is 4.85. The predicted molar refractivity (Wildman–Crippen MR) is 82.7 cm³/mol. The third-order valence-electron chi connectivity index (χ3n) is 4.85. The van der Waals surface area contributed by atoms with Crippen molar-refractivity contribution in [3.63, 3.8) is 0 Å². The standard InChI is InChI=1S/C16H31N3O/c1-4-12(2)18-16(20)13(3)19-9-7-15(8-10-19)17-11-14-5-6-14/h12-15,17H,4-11H2,1-3H3,(H,18,20). The molecule has 0 aromatic carbocycles. The van der Waals surface area contributed by atoms with Crippen LogP contribution in [-0.2, 0) is 4.79 Å². The van der Waals surface area contributed by atoms with Crippen LogP contribution in [0.25, 0.3) is 0 Å². The van der Waals surface area contributed by atoms with E-state index in [2.05, 4.69) is 29.4 Å². The maximum Gasteiger partial charge on any atom is 0.237 e. The molecule has 4 nitrogen and oxygen atoms in total. The average molecular weight is 281 g/mol. The quantitative estimate of drug-likeness (QED) is 0.747. The fourth-order valence-electron chi connectivity index (χ4n) is 2.78. The van der Waals surface area contributed by atoms with E-state index >= 15 is 0 Å². The van der Waals surface area contributed by atoms with Gasteiger partial charge in [0.2, 0.25) is 5.91 Å². The number of nitrogens with one attached hydrogen (secondary N) is 2. The number of hydrogen-bond donors (Lipinski definition) is 2. The number of carbonyl (C=O) groups excluding carboxylic acids is 1. The van der Waals surface area contributed by atoms with Gasteiger partial charge < -0.3 is 10.6 Å². The molecule has 0 aromatic rings. The normalized spacial score (nSPS) is 24.4. The van der Waals surface area contributed by atoms with Gasteiger partial charge in [-0.15, -0.1) is 0 Å². The highest BCUT2D eigenvalue weighted by atomic mass is 16.2. The number of likely N-dealkylation sites (tertiary alicyclic amines) is 1. The van der Waals surface area contributed by atoms with Crippen molar-refractivity contribution in [2.45, 2.75) is 71.0 Å². The van der Waals surface area contributed by atoms with Crippen molar-refractivity contribution >= 4 is 5.91 Å². The summed E-state index contributed by atoms with van der Waals surface area (Å²) in [7, 11) is 0. The number of amides is 1. The monoisotopic (exact) mass is 281 g/mol. The first-order valence-corrected chi connectivity index (χ1v) is 8.38. The van der Waals surface area contributed by atoms with Crippen LogP contribution >= 0.6 is 0 Å². The Hall–Kier alpha value is -0.610. The Morgan fingerprint density at radius 2 is 1.85 bits per heavy atom. The summed E-state index contributed by atoms with van der Waals surface area (Å²) in [5.74, 6) is 1.14. The lowest BCUT2D eigenvalue weighted by Crippen LogP contribution is -2.52. The lowest BCUT2D eigenvalue weighted by atomic mass is 10.0. The van der Waals surface area contributed by atoms with Crippen molar-refractivity contribution in [2.24, 2.45) is 5.92 Å². The predicted octanol–water partition coefficient (Wildman–Crippen LogP) is 1.75. The summed E-state index contributed by atoms with van der Waals surface area (Å²) in [6.45, 7) is 9.49. The van der Waals surface area contributed by atoms with E-state index in [1.807, 2.05) is 6.92 Å². The van der Waals surface area contributed by atoms with Crippen molar-refractivity contribution in [3.05, 3.63) is 0 Å². The summed E-state index contributed by atoms with van der Waals surface area (Å²) in [6, 6.07) is 0.952. The molecule has 0 aromatic heterocycles. The molecule has 1 heterocycles. The van der Waals surface area contributed by atoms with Crippen molar-refractivity contribution in [2.75, 3.05) is 19.6 Å². The van der Waals surface area contributed by atoms with E-state index in [0.29, 0.717) is 6.04 Å². The molecule has 116 valence electrons. The van der Waals surface area contributed by atoms with Gasteiger partial charge in [-0.2, -0.15) is 0 Å². The Labute approximate surface area is 123 Å². The second-order valence-corrected chi connectivity index (χ2v) is 6.66. The first kappa shape index (κ1) is 15.8. The van der Waals surface area contributed by atoms with E-state index in [4.69, 9.17) is 0 Å². The van der Waals surface area contributed by atoms with Gasteiger partial charge in [0.25, 0.3) is 0 Å². The van der Waals surface area contributed by atoms with Crippen molar-refractivity contribution in [1.82, 2.24) is 15.5 Å². The Kier molecular flexibility index (Phi) is 5.85. The Morgan fingerprint density at radius 1 is 1.20 bits per heavy atom. The molecule has 2 atom stereocenters. The molecule has 2 unspecified atom stereocenters. The smallest absolute Gasteiger partial charge is 0.237 e. The molecule has 0 spiro atoms. The summed E-state index contributed by atoms with van der Waals surface area (Å²) < 4.78 is 0. The molecule has 2 N–H and O–H groups in total. The zero-order chi connectivity index (χ0) is 14.5. The highest BCUT2D eigenvalue weighted by Gasteiger charge is 2.28. The van der Waals surface area contributed by atoms with E-state index in [1.165, 1.54) is 32.2 Å². The molecule has 20 heavy (non-hydrogen) atoms. The molecule has 1 aliphatic carbocycles. The van der Waals surface area contributed by atoms with E-state index in [0.717, 1.165) is 25.4 Å². The first-order valence-electron chi connectivity index (χ1n) is 8.38. The van der Waals surface area contributed by atoms with Crippen LogP contribution < -0.4 is 10.6 Å². The van der Waals surface area contributed by atoms with Crippen LogP contribution in [0.15, 0.2) is 0 Å². The SMILES string of the molecule is CCC(C)NC(=O)C(C)N1CCC(NCC2CC2)CC1. The maximum atomic E-state index is 12.1. The van der Waals surface area contributed by atoms with Gasteiger partial charge in [0, 0.05) is 25.2 Å². The summed E-state index contributed by atoms with van der Waals surface area (Å²) in [5.41, 5.74) is 0. The van der Waals surface area contributed by atoms with Gasteiger partial charge in [-0.05, 0) is 58.4 Å². The van der Waals surface area contributed by atoms with Gasteiger partial charge in [0.15, 0.2) is 0 Å². The van der Waals surface area contributed by atoms with Crippen LogP contribution in [0.5, 0.6) is 0 Å². The second kappa shape index (κ2) is 7.41. The van der Waals surface area contributed by atoms with Crippen LogP contribution in [0.1, 0.15) is 52.9 Å². The minimum atomic E-state index is 0.00776. The largest absolute Gasteiger partial charge is 0.352 e. The number of nitrogens with zero attached hydrogens (tertiary/aromatic N) is 1. The minimum absolute atomic E-state index is 0.00776. The van der Waals surface area contributed by atoms with Gasteiger partial charge in [-0.1, -0.05) is 6.92 Å². The Bertz CT molecular complexity index is 309. The van der Waals surface area contributed by atoms with Gasteiger partial charge >= 0.3 is 0 Å². The second-order valence-electron chi connectivity index (χ2n) is 6.66. The molecule has 0 radical (unpaired) electrons. The van der Waals surface area contributed by atoms with Gasteiger partial charge in [-0.3, -0.25) is 9.69 Å². The van der Waals surface area contributed by atoms with E-state index in [1.54, 1.807) is 0 Å². The molecule has 1 saturated carbocycles. The van der Waals surface area contributed by atoms with Crippen molar-refractivity contribution in [1.29, 1.82) is 0 Å². The Balaban J connectivity index is 1.67. The van der Waals surface area contributed by atoms with E-state index in [-0.39, 0.29) is 18.0 Å². The molecule has 1 saturated heterocycles. The van der Waals surface area contributed by atoms with Crippen molar-refractivity contribution < 1.29 is 4.79 Å². The van der Waals surface area contributed by atoms with Crippen molar-refractivity contribution in [3.8, 4) is 0 Å². The van der Waals surface area contributed by atoms with Crippen LogP contribution in [0.3, 0.4) is 0 Å². The molecule has 2 fully saturated rings. The van der Waals surface area contributed by atoms with Crippen LogP contribution in [0.2, 0.25) is 0 Å². The fourth-order valence-corrected chi connectivity index (χ4v) is 2.78. The molecule has 2 aliphatic rings. The minimum Gasteiger partial charge on any atom is -0.352 e. The third kappa shape index (κ3) is 4.74. The maximum absolute atomic E-state index is 12.1. The number of carbonyl (C=O) groups is 1. The molecular formula is C16H31N3O. The van der Waals surface area contributed by atoms with E-state index < -0.39 is 0 Å². The topological polar surface area (TPSA) is 44.4 Å². The number of hydrogen-bond acceptors (Lipinski definition) is 3. The summed E-state index contributed by atoms with van der Waals surface area (Å²) >= 11 is 0. The average Bonchev–Trinajstić information content (AvgIpc) is 3.29.